The number of hydrogen-bond donors (Lipinski definition) is 0. The number of aromatic nitrogens is 2. The van der Waals surface area contributed by atoms with Crippen molar-refractivity contribution in [1.82, 2.24) is 9.78 Å². The van der Waals surface area contributed by atoms with Gasteiger partial charge in [0, 0.05) is 0 Å². The molecule has 0 saturated carbocycles. The van der Waals surface area contributed by atoms with Crippen LogP contribution in [0.15, 0.2) is 45.7 Å². The molecule has 0 atom stereocenters. The third kappa shape index (κ3) is 2.68. The van der Waals surface area contributed by atoms with Crippen molar-refractivity contribution in [1.29, 1.82) is 0 Å². The molecule has 1 aromatic heterocycles. The van der Waals surface area contributed by atoms with Crippen LogP contribution >= 0.6 is 11.6 Å². The fourth-order valence-corrected chi connectivity index (χ4v) is 2.19. The molecule has 2 rings (SSSR count). The molecule has 1 aromatic carbocycles. The summed E-state index contributed by atoms with van der Waals surface area (Å²) in [6.45, 7) is 0. The second-order valence-corrected chi connectivity index (χ2v) is 5.87. The molecular weight excluding hydrogens is 270 g/mol. The minimum absolute atomic E-state index is 0.107. The summed E-state index contributed by atoms with van der Waals surface area (Å²) >= 11 is 6.03. The van der Waals surface area contributed by atoms with Crippen molar-refractivity contribution >= 4 is 28.0 Å². The first-order valence-corrected chi connectivity index (χ1v) is 7.60. The summed E-state index contributed by atoms with van der Waals surface area (Å²) in [6.07, 6.45) is 5.40. The fourth-order valence-electron chi connectivity index (χ4n) is 1.44. The molecule has 0 N–H and O–H groups in total. The Hall–Kier alpha value is -1.46. The van der Waals surface area contributed by atoms with Crippen molar-refractivity contribution < 1.29 is 0 Å². The lowest BCUT2D eigenvalue weighted by molar-refractivity contribution is 0.808. The average Bonchev–Trinajstić information content (AvgIpc) is 2.36. The lowest BCUT2D eigenvalue weighted by Crippen LogP contribution is -2.21. The smallest absolute Gasteiger partial charge is 0.266 e. The fraction of sp³-hybridized carbons (Fsp3) is 0.167. The van der Waals surface area contributed by atoms with Gasteiger partial charge in [0.05, 0.1) is 11.9 Å². The van der Waals surface area contributed by atoms with Crippen LogP contribution in [0, 0.1) is 0 Å². The first kappa shape index (κ1) is 13.0. The molecule has 18 heavy (non-hydrogen) atoms. The highest BCUT2D eigenvalue weighted by Gasteiger charge is 2.09. The molecule has 0 fully saturated rings. The van der Waals surface area contributed by atoms with Crippen LogP contribution in [-0.4, -0.2) is 22.3 Å². The number of benzene rings is 1. The van der Waals surface area contributed by atoms with Gasteiger partial charge in [-0.2, -0.15) is 9.78 Å². The number of para-hydroxylation sites is 1. The summed E-state index contributed by atoms with van der Waals surface area (Å²) in [4.78, 5) is 12.1. The van der Waals surface area contributed by atoms with Crippen LogP contribution in [0.5, 0.6) is 0 Å². The van der Waals surface area contributed by atoms with Gasteiger partial charge in [0.15, 0.2) is 0 Å². The molecule has 0 radical (unpaired) electrons. The monoisotopic (exact) mass is 281 g/mol. The first-order valence-electron chi connectivity index (χ1n) is 5.22. The van der Waals surface area contributed by atoms with E-state index in [9.17, 15) is 4.79 Å². The maximum Gasteiger partial charge on any atom is 0.292 e. The van der Waals surface area contributed by atoms with Gasteiger partial charge in [-0.25, -0.2) is 4.36 Å². The summed E-state index contributed by atoms with van der Waals surface area (Å²) < 4.78 is 5.54. The summed E-state index contributed by atoms with van der Waals surface area (Å²) in [5, 5.41) is 4.20. The van der Waals surface area contributed by atoms with Crippen LogP contribution in [0.25, 0.3) is 5.69 Å². The van der Waals surface area contributed by atoms with E-state index in [2.05, 4.69) is 9.46 Å². The predicted octanol–water partition coefficient (Wildman–Crippen LogP) is 2.58. The molecule has 0 amide bonds. The van der Waals surface area contributed by atoms with Gasteiger partial charge < -0.3 is 0 Å². The second-order valence-electron chi connectivity index (χ2n) is 3.76. The van der Waals surface area contributed by atoms with Crippen molar-refractivity contribution in [3.05, 3.63) is 51.9 Å². The van der Waals surface area contributed by atoms with Crippen molar-refractivity contribution in [2.45, 2.75) is 0 Å². The highest BCUT2D eigenvalue weighted by Crippen LogP contribution is 2.20. The first-order chi connectivity index (χ1) is 8.59. The number of nitrogens with zero attached hydrogens (tertiary/aromatic N) is 3. The third-order valence-corrected chi connectivity index (χ3v) is 3.10. The maximum atomic E-state index is 12.1. The van der Waals surface area contributed by atoms with E-state index in [-0.39, 0.29) is 21.3 Å². The van der Waals surface area contributed by atoms with Crippen LogP contribution in [0.3, 0.4) is 0 Å². The van der Waals surface area contributed by atoms with E-state index in [1.54, 1.807) is 12.1 Å². The zero-order valence-electron chi connectivity index (χ0n) is 10.0. The van der Waals surface area contributed by atoms with Crippen molar-refractivity contribution in [3.8, 4) is 5.69 Å². The lowest BCUT2D eigenvalue weighted by atomic mass is 10.3. The molecular formula is C12H12ClN3OS. The molecule has 0 aliphatic carbocycles. The van der Waals surface area contributed by atoms with E-state index >= 15 is 0 Å². The van der Waals surface area contributed by atoms with E-state index in [0.717, 1.165) is 0 Å². The minimum Gasteiger partial charge on any atom is -0.266 e. The molecule has 0 bridgehead atoms. The molecule has 2 aromatic rings. The Morgan fingerprint density at radius 1 is 1.28 bits per heavy atom. The standard InChI is InChI=1S/C12H12ClN3OS/c1-18(2)15-10-8-14-16(12(17)11(10)13)9-6-4-3-5-7-9/h3-8H,1-2H3. The van der Waals surface area contributed by atoms with Gasteiger partial charge in [-0.15, -0.1) is 10.7 Å². The van der Waals surface area contributed by atoms with Gasteiger partial charge in [-0.05, 0) is 24.6 Å². The lowest BCUT2D eigenvalue weighted by Gasteiger charge is -2.05. The van der Waals surface area contributed by atoms with E-state index in [4.69, 9.17) is 11.6 Å². The molecule has 0 aliphatic heterocycles. The molecule has 6 heteroatoms. The predicted molar refractivity (Wildman–Crippen MR) is 76.1 cm³/mol. The topological polar surface area (TPSA) is 47.2 Å². The van der Waals surface area contributed by atoms with Gasteiger partial charge in [-0.1, -0.05) is 29.8 Å². The van der Waals surface area contributed by atoms with Gasteiger partial charge in [0.2, 0.25) is 0 Å². The molecule has 1 heterocycles. The Balaban J connectivity index is 2.58. The number of halogens is 1. The van der Waals surface area contributed by atoms with E-state index < -0.39 is 0 Å². The highest BCUT2D eigenvalue weighted by molar-refractivity contribution is 7.85. The molecule has 0 saturated heterocycles. The van der Waals surface area contributed by atoms with Gasteiger partial charge in [0.1, 0.15) is 10.7 Å². The summed E-state index contributed by atoms with van der Waals surface area (Å²) in [5.74, 6) is 0. The second kappa shape index (κ2) is 5.46. The number of rotatable bonds is 2. The van der Waals surface area contributed by atoms with E-state index in [0.29, 0.717) is 11.4 Å². The quantitative estimate of drug-likeness (QED) is 0.849. The van der Waals surface area contributed by atoms with Crippen molar-refractivity contribution in [2.75, 3.05) is 12.5 Å². The third-order valence-electron chi connectivity index (χ3n) is 2.18. The molecule has 0 aliphatic rings. The maximum absolute atomic E-state index is 12.1. The Labute approximate surface area is 112 Å². The largest absolute Gasteiger partial charge is 0.292 e. The Bertz CT molecular complexity index is 648. The zero-order chi connectivity index (χ0) is 13.1. The van der Waals surface area contributed by atoms with E-state index in [1.165, 1.54) is 10.9 Å². The van der Waals surface area contributed by atoms with Crippen LogP contribution in [0.1, 0.15) is 0 Å². The Morgan fingerprint density at radius 3 is 2.56 bits per heavy atom. The van der Waals surface area contributed by atoms with Gasteiger partial charge >= 0.3 is 0 Å². The Kier molecular flexibility index (Phi) is 3.93. The Morgan fingerprint density at radius 2 is 1.94 bits per heavy atom. The molecule has 0 unspecified atom stereocenters. The van der Waals surface area contributed by atoms with Crippen LogP contribution in [0.2, 0.25) is 5.02 Å². The summed E-state index contributed by atoms with van der Waals surface area (Å²) in [5.41, 5.74) is 0.777. The van der Waals surface area contributed by atoms with Crippen LogP contribution < -0.4 is 5.56 Å². The number of hydrogen-bond acceptors (Lipinski definition) is 3. The SMILES string of the molecule is CS(C)=Nc1cnn(-c2ccccc2)c(=O)c1Cl. The average molecular weight is 282 g/mol. The molecule has 0 spiro atoms. The van der Waals surface area contributed by atoms with Gasteiger partial charge in [-0.3, -0.25) is 4.79 Å². The molecule has 4 nitrogen and oxygen atoms in total. The summed E-state index contributed by atoms with van der Waals surface area (Å²) in [7, 11) is -0.184. The highest BCUT2D eigenvalue weighted by atomic mass is 35.5. The minimum atomic E-state index is -0.352. The van der Waals surface area contributed by atoms with Gasteiger partial charge in [0.25, 0.3) is 5.56 Å². The zero-order valence-corrected chi connectivity index (χ0v) is 11.6. The molecule has 94 valence electrons. The van der Waals surface area contributed by atoms with Crippen LogP contribution in [-0.2, 0) is 10.7 Å². The van der Waals surface area contributed by atoms with Crippen molar-refractivity contribution in [3.63, 3.8) is 0 Å². The normalized spacial score (nSPS) is 10.7. The van der Waals surface area contributed by atoms with Crippen molar-refractivity contribution in [2.24, 2.45) is 4.36 Å². The van der Waals surface area contributed by atoms with E-state index in [1.807, 2.05) is 30.7 Å². The van der Waals surface area contributed by atoms with Crippen LogP contribution in [0.4, 0.5) is 5.69 Å². The summed E-state index contributed by atoms with van der Waals surface area (Å²) in [6, 6.07) is 9.15.